The fourth-order valence-electron chi connectivity index (χ4n) is 2.59. The molecule has 2 aromatic carbocycles. The number of amides is 1. The van der Waals surface area contributed by atoms with E-state index in [1.165, 1.54) is 6.07 Å². The zero-order valence-electron chi connectivity index (χ0n) is 14.9. The molecule has 2 N–H and O–H groups in total. The van der Waals surface area contributed by atoms with Crippen molar-refractivity contribution in [2.45, 2.75) is 19.1 Å². The smallest absolute Gasteiger partial charge is 0.326 e. The second-order valence-corrected chi connectivity index (χ2v) is 6.10. The van der Waals surface area contributed by atoms with Gasteiger partial charge in [-0.3, -0.25) is 9.59 Å². The zero-order chi connectivity index (χ0) is 19.9. The lowest BCUT2D eigenvalue weighted by atomic mass is 10.1. The maximum atomic E-state index is 12.4. The number of aromatic nitrogens is 1. The molecule has 0 bridgehead atoms. The minimum absolute atomic E-state index is 0.0339. The number of para-hydroxylation sites is 1. The normalized spacial score (nSPS) is 11.6. The van der Waals surface area contributed by atoms with Gasteiger partial charge >= 0.3 is 11.9 Å². The number of hydrogen-bond acceptors (Lipinski definition) is 5. The molecule has 0 unspecified atom stereocenters. The highest BCUT2D eigenvalue weighted by molar-refractivity contribution is 5.97. The molecule has 7 heteroatoms. The Morgan fingerprint density at radius 3 is 2.43 bits per heavy atom. The van der Waals surface area contributed by atoms with E-state index in [9.17, 15) is 19.5 Å². The quantitative estimate of drug-likeness (QED) is 0.612. The van der Waals surface area contributed by atoms with Crippen molar-refractivity contribution in [1.29, 1.82) is 0 Å². The molecule has 1 heterocycles. The monoisotopic (exact) mass is 378 g/mol. The average molecular weight is 378 g/mol. The van der Waals surface area contributed by atoms with E-state index < -0.39 is 30.3 Å². The molecule has 1 atom stereocenters. The highest BCUT2D eigenvalue weighted by Gasteiger charge is 2.25. The number of carbonyl (C=O) groups is 3. The van der Waals surface area contributed by atoms with Gasteiger partial charge in [-0.05, 0) is 17.7 Å². The molecule has 0 saturated carbocycles. The van der Waals surface area contributed by atoms with Crippen LogP contribution in [0.2, 0.25) is 0 Å². The van der Waals surface area contributed by atoms with Crippen molar-refractivity contribution < 1.29 is 24.2 Å². The lowest BCUT2D eigenvalue weighted by Crippen LogP contribution is -2.42. The molecule has 0 fully saturated rings. The summed E-state index contributed by atoms with van der Waals surface area (Å²) in [5, 5.41) is 12.5. The van der Waals surface area contributed by atoms with Gasteiger partial charge in [-0.15, -0.1) is 0 Å². The van der Waals surface area contributed by atoms with Crippen molar-refractivity contribution in [1.82, 2.24) is 10.3 Å². The number of carbonyl (C=O) groups excluding carboxylic acids is 2. The molecule has 28 heavy (non-hydrogen) atoms. The number of benzene rings is 2. The fourth-order valence-corrected chi connectivity index (χ4v) is 2.59. The summed E-state index contributed by atoms with van der Waals surface area (Å²) in [6.07, 6.45) is -0.485. The molecule has 1 aromatic heterocycles. The van der Waals surface area contributed by atoms with Crippen LogP contribution in [0.4, 0.5) is 0 Å². The second kappa shape index (κ2) is 8.77. The molecule has 1 amide bonds. The van der Waals surface area contributed by atoms with Crippen molar-refractivity contribution in [3.8, 4) is 0 Å². The Labute approximate surface area is 161 Å². The molecule has 142 valence electrons. The van der Waals surface area contributed by atoms with Crippen molar-refractivity contribution in [3.05, 3.63) is 78.0 Å². The lowest BCUT2D eigenvalue weighted by molar-refractivity contribution is -0.150. The topological polar surface area (TPSA) is 106 Å². The van der Waals surface area contributed by atoms with Crippen molar-refractivity contribution >= 4 is 28.7 Å². The van der Waals surface area contributed by atoms with Crippen LogP contribution in [0.1, 0.15) is 22.5 Å². The Kier molecular flexibility index (Phi) is 5.96. The van der Waals surface area contributed by atoms with Crippen LogP contribution >= 0.6 is 0 Å². The number of nitrogens with one attached hydrogen (secondary N) is 1. The highest BCUT2D eigenvalue weighted by atomic mass is 16.5. The van der Waals surface area contributed by atoms with Gasteiger partial charge < -0.3 is 15.2 Å². The number of nitrogens with zero attached hydrogens (tertiary/aromatic N) is 1. The van der Waals surface area contributed by atoms with Crippen LogP contribution in [-0.4, -0.2) is 34.0 Å². The molecular formula is C21H18N2O5. The van der Waals surface area contributed by atoms with Crippen molar-refractivity contribution in [3.63, 3.8) is 0 Å². The number of carboxylic acid groups (broad SMARTS) is 1. The van der Waals surface area contributed by atoms with Gasteiger partial charge in [0.2, 0.25) is 0 Å². The Hall–Kier alpha value is -3.74. The highest BCUT2D eigenvalue weighted by Crippen LogP contribution is 2.12. The van der Waals surface area contributed by atoms with E-state index in [1.54, 1.807) is 42.5 Å². The Morgan fingerprint density at radius 1 is 0.964 bits per heavy atom. The van der Waals surface area contributed by atoms with E-state index >= 15 is 0 Å². The number of aliphatic carboxylic acids is 1. The number of carboxylic acids is 1. The molecule has 7 nitrogen and oxygen atoms in total. The van der Waals surface area contributed by atoms with Crippen LogP contribution in [-0.2, 0) is 20.9 Å². The van der Waals surface area contributed by atoms with Crippen molar-refractivity contribution in [2.75, 3.05) is 0 Å². The first-order chi connectivity index (χ1) is 13.5. The summed E-state index contributed by atoms with van der Waals surface area (Å²) in [4.78, 5) is 40.0. The Morgan fingerprint density at radius 2 is 1.68 bits per heavy atom. The number of ether oxygens (including phenoxy) is 1. The van der Waals surface area contributed by atoms with E-state index in [0.717, 1.165) is 10.9 Å². The fraction of sp³-hybridized carbons (Fsp3) is 0.143. The van der Waals surface area contributed by atoms with Crippen LogP contribution in [0.25, 0.3) is 10.9 Å². The zero-order valence-corrected chi connectivity index (χ0v) is 14.9. The van der Waals surface area contributed by atoms with Crippen LogP contribution < -0.4 is 5.32 Å². The second-order valence-electron chi connectivity index (χ2n) is 6.10. The van der Waals surface area contributed by atoms with Gasteiger partial charge in [0.05, 0.1) is 11.9 Å². The third kappa shape index (κ3) is 4.91. The molecule has 0 aliphatic carbocycles. The maximum absolute atomic E-state index is 12.4. The summed E-state index contributed by atoms with van der Waals surface area (Å²) in [5.41, 5.74) is 1.47. The predicted octanol–water partition coefficient (Wildman–Crippen LogP) is 2.55. The summed E-state index contributed by atoms with van der Waals surface area (Å²) in [6, 6.07) is 18.1. The van der Waals surface area contributed by atoms with Gasteiger partial charge in [-0.25, -0.2) is 9.78 Å². The Bertz CT molecular complexity index is 1000. The van der Waals surface area contributed by atoms with Crippen LogP contribution in [0.15, 0.2) is 66.7 Å². The minimum Gasteiger partial charge on any atom is -0.480 e. The number of rotatable bonds is 7. The van der Waals surface area contributed by atoms with E-state index in [2.05, 4.69) is 10.3 Å². The molecule has 3 rings (SSSR count). The first-order valence-corrected chi connectivity index (χ1v) is 8.62. The van der Waals surface area contributed by atoms with Gasteiger partial charge in [-0.1, -0.05) is 54.6 Å². The number of pyridine rings is 1. The van der Waals surface area contributed by atoms with Crippen LogP contribution in [0.5, 0.6) is 0 Å². The first kappa shape index (κ1) is 19.0. The molecule has 0 radical (unpaired) electrons. The third-order valence-electron chi connectivity index (χ3n) is 4.05. The largest absolute Gasteiger partial charge is 0.480 e. The third-order valence-corrected chi connectivity index (χ3v) is 4.05. The SMILES string of the molecule is O=C(C[C@H](NC(=O)c1ccc2ccccc2n1)C(=O)O)OCc1ccccc1. The summed E-state index contributed by atoms with van der Waals surface area (Å²) in [6.45, 7) is 0.0339. The van der Waals surface area contributed by atoms with Gasteiger partial charge in [0.25, 0.3) is 5.91 Å². The van der Waals surface area contributed by atoms with E-state index in [-0.39, 0.29) is 12.3 Å². The van der Waals surface area contributed by atoms with E-state index in [1.807, 2.05) is 18.2 Å². The first-order valence-electron chi connectivity index (χ1n) is 8.62. The number of fused-ring (bicyclic) bond motifs is 1. The molecular weight excluding hydrogens is 360 g/mol. The molecule has 0 spiro atoms. The minimum atomic E-state index is -1.41. The van der Waals surface area contributed by atoms with E-state index in [0.29, 0.717) is 5.52 Å². The van der Waals surface area contributed by atoms with Crippen molar-refractivity contribution in [2.24, 2.45) is 0 Å². The average Bonchev–Trinajstić information content (AvgIpc) is 2.72. The summed E-state index contributed by atoms with van der Waals surface area (Å²) in [5.74, 6) is -2.72. The predicted molar refractivity (Wildman–Crippen MR) is 101 cm³/mol. The molecule has 0 aliphatic heterocycles. The van der Waals surface area contributed by atoms with Gasteiger partial charge in [-0.2, -0.15) is 0 Å². The molecule has 3 aromatic rings. The number of hydrogen-bond donors (Lipinski definition) is 2. The standard InChI is InChI=1S/C21H18N2O5/c24-19(28-13-14-6-2-1-3-7-14)12-18(21(26)27)23-20(25)17-11-10-15-8-4-5-9-16(15)22-17/h1-11,18H,12-13H2,(H,23,25)(H,26,27)/t18-/m0/s1. The Balaban J connectivity index is 1.62. The maximum Gasteiger partial charge on any atom is 0.326 e. The van der Waals surface area contributed by atoms with Gasteiger partial charge in [0.1, 0.15) is 18.3 Å². The van der Waals surface area contributed by atoms with Crippen LogP contribution in [0.3, 0.4) is 0 Å². The number of esters is 1. The van der Waals surface area contributed by atoms with E-state index in [4.69, 9.17) is 4.74 Å². The summed E-state index contributed by atoms with van der Waals surface area (Å²) < 4.78 is 5.08. The lowest BCUT2D eigenvalue weighted by Gasteiger charge is -2.14. The van der Waals surface area contributed by atoms with Gasteiger partial charge in [0, 0.05) is 5.39 Å². The van der Waals surface area contributed by atoms with Gasteiger partial charge in [0.15, 0.2) is 0 Å². The van der Waals surface area contributed by atoms with Crippen LogP contribution in [0, 0.1) is 0 Å². The molecule has 0 aliphatic rings. The summed E-state index contributed by atoms with van der Waals surface area (Å²) >= 11 is 0. The molecule has 0 saturated heterocycles. The summed E-state index contributed by atoms with van der Waals surface area (Å²) in [7, 11) is 0.